The van der Waals surface area contributed by atoms with E-state index in [0.29, 0.717) is 0 Å². The van der Waals surface area contributed by atoms with E-state index in [9.17, 15) is 0 Å². The van der Waals surface area contributed by atoms with Crippen molar-refractivity contribution in [2.75, 3.05) is 13.1 Å². The Kier molecular flexibility index (Phi) is 2.47. The van der Waals surface area contributed by atoms with Crippen LogP contribution >= 0.6 is 0 Å². The van der Waals surface area contributed by atoms with Gasteiger partial charge in [0, 0.05) is 0 Å². The van der Waals surface area contributed by atoms with Gasteiger partial charge in [0.2, 0.25) is 0 Å². The lowest BCUT2D eigenvalue weighted by molar-refractivity contribution is 0.134. The van der Waals surface area contributed by atoms with Gasteiger partial charge in [0.15, 0.2) is 0 Å². The first-order valence-electron chi connectivity index (χ1n) is 5.81. The summed E-state index contributed by atoms with van der Waals surface area (Å²) in [6.07, 6.45) is 2.55. The standard InChI is InChI=1S/C13H17NO/c1-2-12-8-15-9-13(12)6-10(1)5-11-3-4-14-7-11/h1-2,6,11,14H,3-5,7-9H2. The maximum absolute atomic E-state index is 5.43. The molecule has 1 fully saturated rings. The molecule has 15 heavy (non-hydrogen) atoms. The summed E-state index contributed by atoms with van der Waals surface area (Å²) < 4.78 is 5.43. The number of rotatable bonds is 2. The van der Waals surface area contributed by atoms with Crippen molar-refractivity contribution in [3.05, 3.63) is 34.9 Å². The van der Waals surface area contributed by atoms with Crippen LogP contribution in [-0.4, -0.2) is 13.1 Å². The Hall–Kier alpha value is -0.860. The molecule has 1 N–H and O–H groups in total. The molecule has 2 heterocycles. The van der Waals surface area contributed by atoms with Gasteiger partial charge in [-0.1, -0.05) is 18.2 Å². The van der Waals surface area contributed by atoms with E-state index in [1.54, 1.807) is 0 Å². The molecule has 80 valence electrons. The quantitative estimate of drug-likeness (QED) is 0.792. The van der Waals surface area contributed by atoms with Crippen molar-refractivity contribution in [1.29, 1.82) is 0 Å². The summed E-state index contributed by atoms with van der Waals surface area (Å²) >= 11 is 0. The SMILES string of the molecule is c1cc2c(cc1CC1CCNC1)COC2. The normalized spacial score (nSPS) is 24.4. The van der Waals surface area contributed by atoms with E-state index in [-0.39, 0.29) is 0 Å². The highest BCUT2D eigenvalue weighted by molar-refractivity contribution is 5.33. The van der Waals surface area contributed by atoms with Gasteiger partial charge in [0.25, 0.3) is 0 Å². The predicted octanol–water partition coefficient (Wildman–Crippen LogP) is 1.87. The summed E-state index contributed by atoms with van der Waals surface area (Å²) in [6.45, 7) is 4.00. The van der Waals surface area contributed by atoms with Crippen LogP contribution in [-0.2, 0) is 24.4 Å². The summed E-state index contributed by atoms with van der Waals surface area (Å²) in [5.41, 5.74) is 4.26. The molecular formula is C13H17NO. The van der Waals surface area contributed by atoms with Crippen molar-refractivity contribution in [3.63, 3.8) is 0 Å². The molecule has 1 aromatic carbocycles. The first-order valence-corrected chi connectivity index (χ1v) is 5.81. The predicted molar refractivity (Wildman–Crippen MR) is 59.6 cm³/mol. The number of hydrogen-bond donors (Lipinski definition) is 1. The van der Waals surface area contributed by atoms with Gasteiger partial charge >= 0.3 is 0 Å². The topological polar surface area (TPSA) is 21.3 Å². The maximum atomic E-state index is 5.43. The van der Waals surface area contributed by atoms with E-state index < -0.39 is 0 Å². The summed E-state index contributed by atoms with van der Waals surface area (Å²) in [4.78, 5) is 0. The van der Waals surface area contributed by atoms with Gasteiger partial charge in [-0.05, 0) is 48.5 Å². The molecule has 3 rings (SSSR count). The first kappa shape index (κ1) is 9.37. The van der Waals surface area contributed by atoms with Gasteiger partial charge in [-0.25, -0.2) is 0 Å². The zero-order valence-electron chi connectivity index (χ0n) is 8.96. The Morgan fingerprint density at radius 2 is 2.20 bits per heavy atom. The van der Waals surface area contributed by atoms with Crippen molar-refractivity contribution in [2.45, 2.75) is 26.1 Å². The van der Waals surface area contributed by atoms with E-state index in [0.717, 1.165) is 19.1 Å². The van der Waals surface area contributed by atoms with E-state index in [2.05, 4.69) is 23.5 Å². The molecule has 0 bridgehead atoms. The van der Waals surface area contributed by atoms with E-state index >= 15 is 0 Å². The van der Waals surface area contributed by atoms with Crippen LogP contribution in [0.15, 0.2) is 18.2 Å². The zero-order valence-corrected chi connectivity index (χ0v) is 8.96. The highest BCUT2D eigenvalue weighted by Crippen LogP contribution is 2.23. The van der Waals surface area contributed by atoms with Crippen molar-refractivity contribution in [2.24, 2.45) is 5.92 Å². The van der Waals surface area contributed by atoms with Crippen LogP contribution in [0.1, 0.15) is 23.1 Å². The van der Waals surface area contributed by atoms with Gasteiger partial charge < -0.3 is 10.1 Å². The van der Waals surface area contributed by atoms with Crippen LogP contribution in [0.3, 0.4) is 0 Å². The average molecular weight is 203 g/mol. The minimum absolute atomic E-state index is 0.806. The van der Waals surface area contributed by atoms with E-state index in [4.69, 9.17) is 4.74 Å². The third kappa shape index (κ3) is 1.92. The lowest BCUT2D eigenvalue weighted by Crippen LogP contribution is -2.10. The number of fused-ring (bicyclic) bond motifs is 1. The van der Waals surface area contributed by atoms with Crippen LogP contribution in [0.4, 0.5) is 0 Å². The summed E-state index contributed by atoms with van der Waals surface area (Å²) in [7, 11) is 0. The van der Waals surface area contributed by atoms with Gasteiger partial charge in [0.1, 0.15) is 0 Å². The Balaban J connectivity index is 1.75. The number of hydrogen-bond acceptors (Lipinski definition) is 2. The number of benzene rings is 1. The van der Waals surface area contributed by atoms with Crippen molar-refractivity contribution in [3.8, 4) is 0 Å². The summed E-state index contributed by atoms with van der Waals surface area (Å²) in [5, 5.41) is 3.42. The van der Waals surface area contributed by atoms with Gasteiger partial charge in [-0.15, -0.1) is 0 Å². The third-order valence-electron chi connectivity index (χ3n) is 3.47. The van der Waals surface area contributed by atoms with Gasteiger partial charge in [0.05, 0.1) is 13.2 Å². The van der Waals surface area contributed by atoms with E-state index in [1.807, 2.05) is 0 Å². The molecule has 2 nitrogen and oxygen atoms in total. The monoisotopic (exact) mass is 203 g/mol. The van der Waals surface area contributed by atoms with E-state index in [1.165, 1.54) is 42.6 Å². The second-order valence-electron chi connectivity index (χ2n) is 4.66. The maximum Gasteiger partial charge on any atom is 0.0725 e. The fourth-order valence-electron chi connectivity index (χ4n) is 2.57. The Morgan fingerprint density at radius 3 is 3.07 bits per heavy atom. The fourth-order valence-corrected chi connectivity index (χ4v) is 2.57. The van der Waals surface area contributed by atoms with Crippen LogP contribution in [0.5, 0.6) is 0 Å². The second kappa shape index (κ2) is 3.95. The molecule has 2 aliphatic heterocycles. The van der Waals surface area contributed by atoms with Crippen LogP contribution < -0.4 is 5.32 Å². The third-order valence-corrected chi connectivity index (χ3v) is 3.47. The Labute approximate surface area is 90.6 Å². The molecule has 2 aliphatic rings. The zero-order chi connectivity index (χ0) is 10.1. The highest BCUT2D eigenvalue weighted by atomic mass is 16.5. The van der Waals surface area contributed by atoms with Crippen molar-refractivity contribution >= 4 is 0 Å². The Bertz CT molecular complexity index is 356. The largest absolute Gasteiger partial charge is 0.372 e. The molecule has 1 atom stereocenters. The fraction of sp³-hybridized carbons (Fsp3) is 0.538. The molecule has 0 aromatic heterocycles. The molecular weight excluding hydrogens is 186 g/mol. The summed E-state index contributed by atoms with van der Waals surface area (Å²) in [6, 6.07) is 6.84. The summed E-state index contributed by atoms with van der Waals surface area (Å²) in [5.74, 6) is 0.838. The molecule has 0 saturated carbocycles. The highest BCUT2D eigenvalue weighted by Gasteiger charge is 2.16. The molecule has 1 saturated heterocycles. The molecule has 0 aliphatic carbocycles. The van der Waals surface area contributed by atoms with Crippen LogP contribution in [0.25, 0.3) is 0 Å². The van der Waals surface area contributed by atoms with Crippen molar-refractivity contribution < 1.29 is 4.74 Å². The molecule has 0 radical (unpaired) electrons. The molecule has 1 unspecified atom stereocenters. The number of nitrogens with one attached hydrogen (secondary N) is 1. The first-order chi connectivity index (χ1) is 7.42. The number of ether oxygens (including phenoxy) is 1. The average Bonchev–Trinajstić information content (AvgIpc) is 2.87. The molecule has 0 spiro atoms. The molecule has 2 heteroatoms. The van der Waals surface area contributed by atoms with Gasteiger partial charge in [-0.3, -0.25) is 0 Å². The lowest BCUT2D eigenvalue weighted by atomic mass is 9.96. The van der Waals surface area contributed by atoms with Crippen molar-refractivity contribution in [1.82, 2.24) is 5.32 Å². The van der Waals surface area contributed by atoms with Crippen LogP contribution in [0, 0.1) is 5.92 Å². The Morgan fingerprint density at radius 1 is 1.27 bits per heavy atom. The minimum atomic E-state index is 0.806. The molecule has 0 amide bonds. The van der Waals surface area contributed by atoms with Gasteiger partial charge in [-0.2, -0.15) is 0 Å². The second-order valence-corrected chi connectivity index (χ2v) is 4.66. The molecule has 1 aromatic rings. The lowest BCUT2D eigenvalue weighted by Gasteiger charge is -2.09. The minimum Gasteiger partial charge on any atom is -0.372 e. The smallest absolute Gasteiger partial charge is 0.0725 e. The van der Waals surface area contributed by atoms with Crippen LogP contribution in [0.2, 0.25) is 0 Å².